The van der Waals surface area contributed by atoms with E-state index in [9.17, 15) is 0 Å². The van der Waals surface area contributed by atoms with Crippen LogP contribution < -0.4 is 0 Å². The molecule has 1 nitrogen and oxygen atoms in total. The molecule has 1 aromatic heterocycles. The van der Waals surface area contributed by atoms with Crippen molar-refractivity contribution in [1.82, 2.24) is 4.98 Å². The lowest BCUT2D eigenvalue weighted by atomic mass is 9.61. The highest BCUT2D eigenvalue weighted by atomic mass is 14.8. The van der Waals surface area contributed by atoms with Crippen molar-refractivity contribution < 1.29 is 0 Å². The average Bonchev–Trinajstić information content (AvgIpc) is 3.14. The van der Waals surface area contributed by atoms with Crippen molar-refractivity contribution in [2.45, 2.75) is 11.3 Å². The van der Waals surface area contributed by atoms with Gasteiger partial charge in [-0.25, -0.2) is 0 Å². The summed E-state index contributed by atoms with van der Waals surface area (Å²) >= 11 is 0. The topological polar surface area (TPSA) is 15.8 Å². The number of hydrogen-bond acceptors (Lipinski definition) is 0. The van der Waals surface area contributed by atoms with E-state index in [4.69, 9.17) is 0 Å². The number of para-hydroxylation sites is 1. The molecule has 4 aromatic carbocycles. The van der Waals surface area contributed by atoms with E-state index in [1.165, 1.54) is 49.6 Å². The lowest BCUT2D eigenvalue weighted by molar-refractivity contribution is 0.430. The number of benzene rings is 4. The fourth-order valence-corrected chi connectivity index (χ4v) is 8.19. The lowest BCUT2D eigenvalue weighted by Crippen LogP contribution is -2.37. The minimum Gasteiger partial charge on any atom is -0.355 e. The summed E-state index contributed by atoms with van der Waals surface area (Å²) in [5, 5.41) is 2.76. The second kappa shape index (κ2) is 5.21. The Morgan fingerprint density at radius 3 is 2.21 bits per heavy atom. The molecular weight excluding hydrogens is 398 g/mol. The summed E-state index contributed by atoms with van der Waals surface area (Å²) in [6.07, 6.45) is 9.60. The smallest absolute Gasteiger partial charge is 0.0575 e. The Kier molecular flexibility index (Phi) is 2.64. The van der Waals surface area contributed by atoms with Crippen LogP contribution in [0.4, 0.5) is 0 Å². The van der Waals surface area contributed by atoms with Gasteiger partial charge in [0.15, 0.2) is 0 Å². The van der Waals surface area contributed by atoms with Crippen LogP contribution in [0.2, 0.25) is 0 Å². The van der Waals surface area contributed by atoms with Gasteiger partial charge in [-0.1, -0.05) is 97.1 Å². The zero-order chi connectivity index (χ0) is 21.4. The molecule has 1 fully saturated rings. The van der Waals surface area contributed by atoms with Gasteiger partial charge in [-0.2, -0.15) is 0 Å². The third-order valence-electron chi connectivity index (χ3n) is 9.13. The summed E-state index contributed by atoms with van der Waals surface area (Å²) in [4.78, 5) is 3.73. The molecule has 154 valence electrons. The standard InChI is InChI=1S/C32H21N/c1-4-12-23-19(9-1)20-10-2-5-13-24(20)32(23)30-22(29-25-14-7-8-18-31(25,29)32)16-17-27-28(30)21-11-3-6-15-26(21)33-27/h1-18,25,29,33H. The number of hydrogen-bond donors (Lipinski definition) is 1. The maximum atomic E-state index is 3.73. The third kappa shape index (κ3) is 1.56. The van der Waals surface area contributed by atoms with Crippen LogP contribution in [-0.2, 0) is 5.41 Å². The molecule has 1 heteroatoms. The van der Waals surface area contributed by atoms with Crippen LogP contribution in [0.5, 0.6) is 0 Å². The van der Waals surface area contributed by atoms with E-state index in [2.05, 4.69) is 114 Å². The summed E-state index contributed by atoms with van der Waals surface area (Å²) in [6, 6.07) is 31.9. The number of allylic oxidation sites excluding steroid dienone is 4. The molecule has 1 heterocycles. The van der Waals surface area contributed by atoms with Gasteiger partial charge in [0, 0.05) is 33.1 Å². The number of nitrogens with one attached hydrogen (secondary N) is 1. The molecule has 0 amide bonds. The SMILES string of the molecule is C1=CC2C3c4ccc5[nH]c6ccccc6c5c4C4(c5ccccc5-c5ccccc54)C23C=C1. The largest absolute Gasteiger partial charge is 0.355 e. The number of aromatic amines is 1. The highest BCUT2D eigenvalue weighted by Crippen LogP contribution is 2.85. The number of fused-ring (bicyclic) bond motifs is 13. The van der Waals surface area contributed by atoms with Crippen molar-refractivity contribution in [3.63, 3.8) is 0 Å². The molecule has 0 saturated heterocycles. The molecule has 5 aromatic rings. The highest BCUT2D eigenvalue weighted by Gasteiger charge is 2.80. The minimum absolute atomic E-state index is 0.0689. The second-order valence-electron chi connectivity index (χ2n) is 10.1. The van der Waals surface area contributed by atoms with E-state index in [0.717, 1.165) is 0 Å². The normalized spacial score (nSPS) is 26.3. The first-order valence-corrected chi connectivity index (χ1v) is 12.0. The molecule has 33 heavy (non-hydrogen) atoms. The van der Waals surface area contributed by atoms with E-state index in [-0.39, 0.29) is 10.8 Å². The third-order valence-corrected chi connectivity index (χ3v) is 9.13. The van der Waals surface area contributed by atoms with Crippen LogP contribution in [0, 0.1) is 11.3 Å². The van der Waals surface area contributed by atoms with Gasteiger partial charge in [-0.05, 0) is 51.4 Å². The molecule has 0 bridgehead atoms. The van der Waals surface area contributed by atoms with Crippen LogP contribution >= 0.6 is 0 Å². The predicted molar refractivity (Wildman–Crippen MR) is 135 cm³/mol. The van der Waals surface area contributed by atoms with E-state index >= 15 is 0 Å². The summed E-state index contributed by atoms with van der Waals surface area (Å²) in [5.74, 6) is 1.08. The molecule has 0 aliphatic heterocycles. The molecule has 4 aliphatic rings. The zero-order valence-corrected chi connectivity index (χ0v) is 18.0. The van der Waals surface area contributed by atoms with Gasteiger partial charge in [0.1, 0.15) is 0 Å². The molecule has 2 spiro atoms. The molecule has 1 saturated carbocycles. The van der Waals surface area contributed by atoms with Gasteiger partial charge >= 0.3 is 0 Å². The lowest BCUT2D eigenvalue weighted by Gasteiger charge is -2.39. The van der Waals surface area contributed by atoms with Crippen molar-refractivity contribution in [2.75, 3.05) is 0 Å². The van der Waals surface area contributed by atoms with Crippen molar-refractivity contribution in [3.05, 3.63) is 131 Å². The summed E-state index contributed by atoms with van der Waals surface area (Å²) < 4.78 is 0. The maximum Gasteiger partial charge on any atom is 0.0575 e. The Labute approximate surface area is 192 Å². The van der Waals surface area contributed by atoms with Crippen molar-refractivity contribution in [1.29, 1.82) is 0 Å². The zero-order valence-electron chi connectivity index (χ0n) is 18.0. The Bertz CT molecular complexity index is 1700. The first-order chi connectivity index (χ1) is 16.4. The maximum absolute atomic E-state index is 3.73. The summed E-state index contributed by atoms with van der Waals surface area (Å²) in [5.41, 5.74) is 11.2. The summed E-state index contributed by atoms with van der Waals surface area (Å²) in [7, 11) is 0. The van der Waals surface area contributed by atoms with Gasteiger partial charge in [-0.15, -0.1) is 0 Å². The second-order valence-corrected chi connectivity index (χ2v) is 10.1. The number of H-pyrrole nitrogens is 1. The van der Waals surface area contributed by atoms with Gasteiger partial charge in [-0.3, -0.25) is 0 Å². The van der Waals surface area contributed by atoms with Crippen LogP contribution in [0.25, 0.3) is 32.9 Å². The number of aromatic nitrogens is 1. The molecule has 3 atom stereocenters. The minimum atomic E-state index is -0.170. The molecular formula is C32H21N. The van der Waals surface area contributed by atoms with Crippen LogP contribution in [0.15, 0.2) is 109 Å². The first kappa shape index (κ1) is 16.7. The van der Waals surface area contributed by atoms with Crippen LogP contribution in [0.3, 0.4) is 0 Å². The van der Waals surface area contributed by atoms with E-state index < -0.39 is 0 Å². The Morgan fingerprint density at radius 1 is 0.667 bits per heavy atom. The predicted octanol–water partition coefficient (Wildman–Crippen LogP) is 7.48. The molecule has 9 rings (SSSR count). The van der Waals surface area contributed by atoms with Gasteiger partial charge in [0.2, 0.25) is 0 Å². The van der Waals surface area contributed by atoms with Crippen molar-refractivity contribution in [2.24, 2.45) is 11.3 Å². The first-order valence-electron chi connectivity index (χ1n) is 12.0. The Morgan fingerprint density at radius 2 is 1.39 bits per heavy atom. The molecule has 3 unspecified atom stereocenters. The van der Waals surface area contributed by atoms with E-state index in [1.54, 1.807) is 5.56 Å². The summed E-state index contributed by atoms with van der Waals surface area (Å²) in [6.45, 7) is 0. The van der Waals surface area contributed by atoms with Gasteiger partial charge in [0.25, 0.3) is 0 Å². The molecule has 4 aliphatic carbocycles. The number of rotatable bonds is 0. The van der Waals surface area contributed by atoms with Crippen LogP contribution in [-0.4, -0.2) is 4.98 Å². The van der Waals surface area contributed by atoms with Gasteiger partial charge < -0.3 is 4.98 Å². The van der Waals surface area contributed by atoms with Crippen LogP contribution in [0.1, 0.15) is 28.2 Å². The highest BCUT2D eigenvalue weighted by molar-refractivity contribution is 6.12. The fourth-order valence-electron chi connectivity index (χ4n) is 8.19. The van der Waals surface area contributed by atoms with Gasteiger partial charge in [0.05, 0.1) is 5.41 Å². The van der Waals surface area contributed by atoms with Crippen molar-refractivity contribution in [3.8, 4) is 11.1 Å². The quantitative estimate of drug-likeness (QED) is 0.268. The molecule has 0 radical (unpaired) electrons. The Balaban J connectivity index is 1.57. The van der Waals surface area contributed by atoms with E-state index in [0.29, 0.717) is 11.8 Å². The van der Waals surface area contributed by atoms with E-state index in [1.807, 2.05) is 0 Å². The average molecular weight is 420 g/mol. The molecule has 1 N–H and O–H groups in total. The monoisotopic (exact) mass is 419 g/mol. The Hall–Kier alpha value is -3.84. The van der Waals surface area contributed by atoms with Crippen molar-refractivity contribution >= 4 is 21.8 Å². The fraction of sp³-hybridized carbons (Fsp3) is 0.125.